The molecule has 2 rings (SSSR count). The van der Waals surface area contributed by atoms with Crippen molar-refractivity contribution in [1.29, 1.82) is 0 Å². The fourth-order valence-corrected chi connectivity index (χ4v) is 2.20. The van der Waals surface area contributed by atoms with Gasteiger partial charge in [0.15, 0.2) is 0 Å². The lowest BCUT2D eigenvalue weighted by atomic mass is 10.1. The number of carbonyl (C=O) groups is 1. The number of likely N-dealkylation sites (N-methyl/N-ethyl adjacent to an activating group) is 1. The lowest BCUT2D eigenvalue weighted by molar-refractivity contribution is -0.119. The molecule has 1 heterocycles. The third-order valence-corrected chi connectivity index (χ3v) is 3.34. The number of pyridine rings is 1. The van der Waals surface area contributed by atoms with Crippen molar-refractivity contribution in [1.82, 2.24) is 10.3 Å². The molecule has 0 radical (unpaired) electrons. The van der Waals surface area contributed by atoms with Crippen LogP contribution in [0.4, 0.5) is 5.82 Å². The van der Waals surface area contributed by atoms with Crippen molar-refractivity contribution in [2.45, 2.75) is 39.3 Å². The maximum Gasteiger partial charge on any atom is 0.239 e. The van der Waals surface area contributed by atoms with E-state index in [-0.39, 0.29) is 5.91 Å². The van der Waals surface area contributed by atoms with E-state index in [9.17, 15) is 4.79 Å². The predicted molar refractivity (Wildman–Crippen MR) is 76.0 cm³/mol. The summed E-state index contributed by atoms with van der Waals surface area (Å²) in [6.45, 7) is 4.73. The molecule has 1 amide bonds. The second-order valence-electron chi connectivity index (χ2n) is 5.28. The number of anilines is 1. The van der Waals surface area contributed by atoms with Gasteiger partial charge in [-0.05, 0) is 38.3 Å². The molecule has 0 aliphatic heterocycles. The van der Waals surface area contributed by atoms with Crippen LogP contribution in [0.5, 0.6) is 0 Å². The highest BCUT2D eigenvalue weighted by Gasteiger charge is 2.24. The monoisotopic (exact) mass is 262 g/mol. The molecule has 3 N–H and O–H groups in total. The van der Waals surface area contributed by atoms with Crippen LogP contribution in [0.25, 0.3) is 0 Å². The molecular weight excluding hydrogens is 240 g/mol. The smallest absolute Gasteiger partial charge is 0.239 e. The molecule has 0 spiro atoms. The van der Waals surface area contributed by atoms with Crippen LogP contribution in [-0.4, -0.2) is 30.5 Å². The summed E-state index contributed by atoms with van der Waals surface area (Å²) in [5.74, 6) is 0.861. The number of carbonyl (C=O) groups excluding carboxylic acids is 1. The Kier molecular flexibility index (Phi) is 4.04. The third kappa shape index (κ3) is 3.44. The van der Waals surface area contributed by atoms with Crippen LogP contribution in [0.2, 0.25) is 0 Å². The lowest BCUT2D eigenvalue weighted by Crippen LogP contribution is -2.37. The summed E-state index contributed by atoms with van der Waals surface area (Å²) in [5, 5.41) is 2.98. The second-order valence-corrected chi connectivity index (χ2v) is 5.28. The molecule has 0 bridgehead atoms. The molecule has 1 aromatic heterocycles. The Morgan fingerprint density at radius 1 is 1.53 bits per heavy atom. The van der Waals surface area contributed by atoms with Crippen LogP contribution in [0.3, 0.4) is 0 Å². The van der Waals surface area contributed by atoms with E-state index in [1.165, 1.54) is 0 Å². The molecule has 19 heavy (non-hydrogen) atoms. The maximum atomic E-state index is 11.8. The number of hydrogen-bond acceptors (Lipinski definition) is 4. The van der Waals surface area contributed by atoms with Crippen molar-refractivity contribution in [2.75, 3.05) is 18.5 Å². The average molecular weight is 262 g/mol. The molecule has 104 valence electrons. The number of nitrogens with one attached hydrogen (secondary N) is 1. The van der Waals surface area contributed by atoms with Gasteiger partial charge >= 0.3 is 0 Å². The Hall–Kier alpha value is -1.62. The Morgan fingerprint density at radius 2 is 2.21 bits per heavy atom. The number of nitrogens with zero attached hydrogens (tertiary/aromatic N) is 2. The molecule has 0 aromatic carbocycles. The van der Waals surface area contributed by atoms with E-state index in [1.807, 2.05) is 31.9 Å². The molecule has 0 saturated heterocycles. The first-order valence-electron chi connectivity index (χ1n) is 6.69. The van der Waals surface area contributed by atoms with Crippen molar-refractivity contribution < 1.29 is 4.79 Å². The summed E-state index contributed by atoms with van der Waals surface area (Å²) >= 11 is 0. The normalized spacial score (nSPS) is 14.3. The molecule has 5 nitrogen and oxygen atoms in total. The number of aryl methyl sites for hydroxylation is 2. The zero-order valence-electron chi connectivity index (χ0n) is 11.9. The second kappa shape index (κ2) is 5.57. The minimum atomic E-state index is 0.0499. The highest BCUT2D eigenvalue weighted by Crippen LogP contribution is 2.22. The van der Waals surface area contributed by atoms with Crippen LogP contribution in [0.15, 0.2) is 6.07 Å². The summed E-state index contributed by atoms with van der Waals surface area (Å²) in [4.78, 5) is 18.2. The highest BCUT2D eigenvalue weighted by atomic mass is 16.2. The van der Waals surface area contributed by atoms with Gasteiger partial charge < -0.3 is 16.0 Å². The van der Waals surface area contributed by atoms with E-state index < -0.39 is 0 Å². The molecule has 0 unspecified atom stereocenters. The molecular formula is C14H22N4O. The van der Waals surface area contributed by atoms with Crippen molar-refractivity contribution in [3.05, 3.63) is 22.9 Å². The van der Waals surface area contributed by atoms with E-state index in [2.05, 4.69) is 10.3 Å². The first-order chi connectivity index (χ1) is 9.01. The molecule has 0 atom stereocenters. The van der Waals surface area contributed by atoms with Gasteiger partial charge in [0.2, 0.25) is 5.91 Å². The van der Waals surface area contributed by atoms with E-state index in [1.54, 1.807) is 0 Å². The van der Waals surface area contributed by atoms with E-state index in [0.717, 1.165) is 35.5 Å². The van der Waals surface area contributed by atoms with Crippen molar-refractivity contribution in [3.8, 4) is 0 Å². The number of aromatic nitrogens is 1. The Balaban J connectivity index is 2.12. The summed E-state index contributed by atoms with van der Waals surface area (Å²) in [5.41, 5.74) is 8.87. The zero-order chi connectivity index (χ0) is 14.0. The van der Waals surface area contributed by atoms with Gasteiger partial charge in [-0.1, -0.05) is 0 Å². The fourth-order valence-electron chi connectivity index (χ4n) is 2.20. The van der Waals surface area contributed by atoms with Gasteiger partial charge in [-0.25, -0.2) is 4.98 Å². The van der Waals surface area contributed by atoms with Gasteiger partial charge in [0, 0.05) is 30.9 Å². The Morgan fingerprint density at radius 3 is 2.79 bits per heavy atom. The first-order valence-corrected chi connectivity index (χ1v) is 6.69. The van der Waals surface area contributed by atoms with Gasteiger partial charge in [0.25, 0.3) is 0 Å². The molecule has 1 aromatic rings. The quantitative estimate of drug-likeness (QED) is 0.826. The summed E-state index contributed by atoms with van der Waals surface area (Å²) < 4.78 is 0. The molecule has 1 saturated carbocycles. The highest BCUT2D eigenvalue weighted by molar-refractivity contribution is 5.81. The van der Waals surface area contributed by atoms with Gasteiger partial charge in [-0.3, -0.25) is 4.79 Å². The SMILES string of the molecule is Cc1cc(C)c(CN)c(N(C)CC(=O)NC2CC2)n1. The van der Waals surface area contributed by atoms with E-state index in [0.29, 0.717) is 19.1 Å². The maximum absolute atomic E-state index is 11.8. The topological polar surface area (TPSA) is 71.2 Å². The summed E-state index contributed by atoms with van der Waals surface area (Å²) in [6.07, 6.45) is 2.20. The molecule has 1 aliphatic carbocycles. The average Bonchev–Trinajstić information content (AvgIpc) is 3.11. The van der Waals surface area contributed by atoms with Crippen LogP contribution in [0, 0.1) is 13.8 Å². The van der Waals surface area contributed by atoms with Crippen LogP contribution < -0.4 is 16.0 Å². The number of hydrogen-bond donors (Lipinski definition) is 2. The Bertz CT molecular complexity index is 483. The third-order valence-electron chi connectivity index (χ3n) is 3.34. The van der Waals surface area contributed by atoms with Crippen LogP contribution >= 0.6 is 0 Å². The van der Waals surface area contributed by atoms with Crippen LogP contribution in [0.1, 0.15) is 29.7 Å². The largest absolute Gasteiger partial charge is 0.352 e. The van der Waals surface area contributed by atoms with E-state index in [4.69, 9.17) is 5.73 Å². The van der Waals surface area contributed by atoms with Gasteiger partial charge in [0.05, 0.1) is 6.54 Å². The zero-order valence-corrected chi connectivity index (χ0v) is 11.9. The Labute approximate surface area is 114 Å². The summed E-state index contributed by atoms with van der Waals surface area (Å²) in [7, 11) is 1.88. The molecule has 1 aliphatic rings. The number of nitrogens with two attached hydrogens (primary N) is 1. The fraction of sp³-hybridized carbons (Fsp3) is 0.571. The predicted octanol–water partition coefficient (Wildman–Crippen LogP) is 0.872. The minimum Gasteiger partial charge on any atom is -0.352 e. The standard InChI is InChI=1S/C14H22N4O/c1-9-6-10(2)16-14(12(9)7-15)18(3)8-13(19)17-11-4-5-11/h6,11H,4-5,7-8,15H2,1-3H3,(H,17,19). The van der Waals surface area contributed by atoms with Crippen LogP contribution in [-0.2, 0) is 11.3 Å². The molecule has 5 heteroatoms. The van der Waals surface area contributed by atoms with E-state index >= 15 is 0 Å². The minimum absolute atomic E-state index is 0.0499. The van der Waals surface area contributed by atoms with Gasteiger partial charge in [-0.15, -0.1) is 0 Å². The van der Waals surface area contributed by atoms with Crippen molar-refractivity contribution >= 4 is 11.7 Å². The lowest BCUT2D eigenvalue weighted by Gasteiger charge is -2.22. The number of rotatable bonds is 5. The first kappa shape index (κ1) is 13.8. The molecule has 1 fully saturated rings. The van der Waals surface area contributed by atoms with Crippen molar-refractivity contribution in [2.24, 2.45) is 5.73 Å². The number of amides is 1. The summed E-state index contributed by atoms with van der Waals surface area (Å²) in [6, 6.07) is 2.41. The van der Waals surface area contributed by atoms with Gasteiger partial charge in [-0.2, -0.15) is 0 Å². The van der Waals surface area contributed by atoms with Gasteiger partial charge in [0.1, 0.15) is 5.82 Å². The van der Waals surface area contributed by atoms with Crippen molar-refractivity contribution in [3.63, 3.8) is 0 Å².